The molecule has 0 saturated carbocycles. The van der Waals surface area contributed by atoms with Gasteiger partial charge in [0.25, 0.3) is 5.91 Å². The van der Waals surface area contributed by atoms with E-state index in [1.54, 1.807) is 18.7 Å². The summed E-state index contributed by atoms with van der Waals surface area (Å²) in [5.41, 5.74) is 2.33. The molecule has 9 nitrogen and oxygen atoms in total. The quantitative estimate of drug-likeness (QED) is 0.464. The van der Waals surface area contributed by atoms with Gasteiger partial charge in [0, 0.05) is 55.4 Å². The normalized spacial score (nSPS) is 15.3. The van der Waals surface area contributed by atoms with Crippen LogP contribution in [0.5, 0.6) is 5.75 Å². The van der Waals surface area contributed by atoms with Crippen molar-refractivity contribution in [3.63, 3.8) is 0 Å². The zero-order valence-electron chi connectivity index (χ0n) is 19.7. The highest BCUT2D eigenvalue weighted by molar-refractivity contribution is 7.09. The Bertz CT molecular complexity index is 1140. The number of nitrogens with zero attached hydrogens (tertiary/aromatic N) is 3. The van der Waals surface area contributed by atoms with Crippen LogP contribution in [0.3, 0.4) is 0 Å². The molecule has 182 valence electrons. The lowest BCUT2D eigenvalue weighted by molar-refractivity contribution is -0.142. The summed E-state index contributed by atoms with van der Waals surface area (Å²) in [5.74, 6) is -0.608. The van der Waals surface area contributed by atoms with Gasteiger partial charge in [0.2, 0.25) is 0 Å². The van der Waals surface area contributed by atoms with Gasteiger partial charge in [-0.1, -0.05) is 12.1 Å². The topological polar surface area (TPSA) is 94.9 Å². The Morgan fingerprint density at radius 3 is 2.71 bits per heavy atom. The molecule has 0 unspecified atom stereocenters. The summed E-state index contributed by atoms with van der Waals surface area (Å²) in [4.78, 5) is 32.3. The van der Waals surface area contributed by atoms with E-state index in [4.69, 9.17) is 14.2 Å². The summed E-state index contributed by atoms with van der Waals surface area (Å²) in [6.07, 6.45) is 1.64. The molecule has 34 heavy (non-hydrogen) atoms. The van der Waals surface area contributed by atoms with Gasteiger partial charge in [-0.3, -0.25) is 14.5 Å². The van der Waals surface area contributed by atoms with Crippen molar-refractivity contribution in [3.05, 3.63) is 46.0 Å². The van der Waals surface area contributed by atoms with Crippen LogP contribution >= 0.6 is 11.3 Å². The highest BCUT2D eigenvalue weighted by atomic mass is 32.1. The molecule has 1 aliphatic heterocycles. The Labute approximate surface area is 202 Å². The molecule has 1 saturated heterocycles. The molecule has 3 heterocycles. The standard InChI is InChI=1S/C24H30N4O5S/c1-16-20(22(29)26-15-18(24(30)32-3)23-25-7-14-34-23)17-5-4-6-19(31-2)21(17)28(16)9-8-27-10-12-33-13-11-27/h4-7,14,18H,8-13,15H2,1-3H3,(H,26,29)/t18-/m1/s1. The number of para-hydroxylation sites is 1. The highest BCUT2D eigenvalue weighted by Crippen LogP contribution is 2.33. The number of hydrogen-bond donors (Lipinski definition) is 1. The number of methoxy groups -OCH3 is 2. The van der Waals surface area contributed by atoms with Crippen molar-refractivity contribution in [2.75, 3.05) is 53.6 Å². The number of carbonyl (C=O) groups excluding carboxylic acids is 2. The van der Waals surface area contributed by atoms with Crippen molar-refractivity contribution in [2.45, 2.75) is 19.4 Å². The zero-order valence-corrected chi connectivity index (χ0v) is 20.5. The number of thiazole rings is 1. The van der Waals surface area contributed by atoms with E-state index in [1.807, 2.05) is 25.1 Å². The number of rotatable bonds is 9. The molecule has 1 aromatic carbocycles. The molecule has 1 N–H and O–H groups in total. The van der Waals surface area contributed by atoms with E-state index in [0.29, 0.717) is 10.6 Å². The molecule has 1 fully saturated rings. The summed E-state index contributed by atoms with van der Waals surface area (Å²) >= 11 is 1.36. The minimum atomic E-state index is -0.654. The van der Waals surface area contributed by atoms with E-state index >= 15 is 0 Å². The van der Waals surface area contributed by atoms with Gasteiger partial charge in [-0.05, 0) is 13.0 Å². The van der Waals surface area contributed by atoms with Crippen LogP contribution in [0.2, 0.25) is 0 Å². The first-order chi connectivity index (χ1) is 16.5. The second-order valence-corrected chi connectivity index (χ2v) is 9.00. The van der Waals surface area contributed by atoms with Crippen molar-refractivity contribution in [3.8, 4) is 5.75 Å². The number of nitrogens with one attached hydrogen (secondary N) is 1. The molecule has 1 amide bonds. The van der Waals surface area contributed by atoms with E-state index in [1.165, 1.54) is 18.4 Å². The summed E-state index contributed by atoms with van der Waals surface area (Å²) in [6.45, 7) is 6.89. The smallest absolute Gasteiger partial charge is 0.317 e. The number of benzene rings is 1. The summed E-state index contributed by atoms with van der Waals surface area (Å²) < 4.78 is 18.2. The molecule has 0 spiro atoms. The third kappa shape index (κ3) is 4.94. The third-order valence-electron chi connectivity index (χ3n) is 6.20. The largest absolute Gasteiger partial charge is 0.495 e. The number of aromatic nitrogens is 2. The van der Waals surface area contributed by atoms with Crippen molar-refractivity contribution in [1.82, 2.24) is 19.8 Å². The van der Waals surface area contributed by atoms with Crippen molar-refractivity contribution in [2.24, 2.45) is 0 Å². The molecule has 0 bridgehead atoms. The second kappa shape index (κ2) is 11.0. The monoisotopic (exact) mass is 486 g/mol. The van der Waals surface area contributed by atoms with Gasteiger partial charge >= 0.3 is 5.97 Å². The lowest BCUT2D eigenvalue weighted by atomic mass is 10.1. The third-order valence-corrected chi connectivity index (χ3v) is 7.09. The SMILES string of the molecule is COC(=O)[C@H](CNC(=O)c1c(C)n(CCN2CCOCC2)c2c(OC)cccc12)c1nccs1. The minimum absolute atomic E-state index is 0.100. The van der Waals surface area contributed by atoms with Crippen LogP contribution in [0.1, 0.15) is 27.0 Å². The number of esters is 1. The Morgan fingerprint density at radius 2 is 2.03 bits per heavy atom. The fourth-order valence-electron chi connectivity index (χ4n) is 4.40. The molecule has 4 rings (SSSR count). The minimum Gasteiger partial charge on any atom is -0.495 e. The molecule has 3 aromatic rings. The van der Waals surface area contributed by atoms with Crippen molar-refractivity contribution in [1.29, 1.82) is 0 Å². The van der Waals surface area contributed by atoms with Crippen molar-refractivity contribution < 1.29 is 23.8 Å². The van der Waals surface area contributed by atoms with Gasteiger partial charge in [0.05, 0.1) is 38.5 Å². The maximum atomic E-state index is 13.4. The molecule has 1 atom stereocenters. The number of carbonyl (C=O) groups is 2. The Hall–Kier alpha value is -2.95. The summed E-state index contributed by atoms with van der Waals surface area (Å²) in [7, 11) is 2.97. The van der Waals surface area contributed by atoms with Gasteiger partial charge in [-0.25, -0.2) is 4.98 Å². The fraction of sp³-hybridized carbons (Fsp3) is 0.458. The van der Waals surface area contributed by atoms with E-state index in [2.05, 4.69) is 19.8 Å². The first kappa shape index (κ1) is 24.2. The number of fused-ring (bicyclic) bond motifs is 1. The van der Waals surface area contributed by atoms with E-state index in [-0.39, 0.29) is 12.5 Å². The number of morpholine rings is 1. The molecular weight excluding hydrogens is 456 g/mol. The van der Waals surface area contributed by atoms with E-state index < -0.39 is 11.9 Å². The summed E-state index contributed by atoms with van der Waals surface area (Å²) in [5, 5.41) is 6.16. The van der Waals surface area contributed by atoms with Crippen LogP contribution in [0, 0.1) is 6.92 Å². The number of hydrogen-bond acceptors (Lipinski definition) is 8. The fourth-order valence-corrected chi connectivity index (χ4v) is 5.13. The van der Waals surface area contributed by atoms with Crippen LogP contribution < -0.4 is 10.1 Å². The predicted octanol–water partition coefficient (Wildman–Crippen LogP) is 2.43. The molecule has 0 radical (unpaired) electrons. The Balaban J connectivity index is 1.61. The second-order valence-electron chi connectivity index (χ2n) is 8.08. The van der Waals surface area contributed by atoms with E-state index in [0.717, 1.165) is 61.7 Å². The zero-order chi connectivity index (χ0) is 24.1. The first-order valence-electron chi connectivity index (χ1n) is 11.3. The highest BCUT2D eigenvalue weighted by Gasteiger charge is 2.27. The predicted molar refractivity (Wildman–Crippen MR) is 130 cm³/mol. The summed E-state index contributed by atoms with van der Waals surface area (Å²) in [6, 6.07) is 5.73. The maximum Gasteiger partial charge on any atom is 0.317 e. The molecule has 2 aromatic heterocycles. The van der Waals surface area contributed by atoms with Crippen LogP contribution in [0.4, 0.5) is 0 Å². The van der Waals surface area contributed by atoms with Crippen LogP contribution in [-0.4, -0.2) is 79.9 Å². The molecule has 1 aliphatic rings. The number of ether oxygens (including phenoxy) is 3. The van der Waals surface area contributed by atoms with Gasteiger partial charge in [0.1, 0.15) is 16.7 Å². The van der Waals surface area contributed by atoms with Gasteiger partial charge in [0.15, 0.2) is 0 Å². The first-order valence-corrected chi connectivity index (χ1v) is 12.1. The van der Waals surface area contributed by atoms with Crippen LogP contribution in [0.15, 0.2) is 29.8 Å². The Kier molecular flexibility index (Phi) is 7.81. The lowest BCUT2D eigenvalue weighted by Crippen LogP contribution is -2.38. The number of amides is 1. The van der Waals surface area contributed by atoms with Gasteiger partial charge in [-0.15, -0.1) is 11.3 Å². The molecule has 10 heteroatoms. The van der Waals surface area contributed by atoms with Crippen LogP contribution in [0.25, 0.3) is 10.9 Å². The van der Waals surface area contributed by atoms with Gasteiger partial charge < -0.3 is 24.1 Å². The lowest BCUT2D eigenvalue weighted by Gasteiger charge is -2.27. The Morgan fingerprint density at radius 1 is 1.24 bits per heavy atom. The average Bonchev–Trinajstić information content (AvgIpc) is 3.49. The van der Waals surface area contributed by atoms with Gasteiger partial charge in [-0.2, -0.15) is 0 Å². The van der Waals surface area contributed by atoms with E-state index in [9.17, 15) is 9.59 Å². The average molecular weight is 487 g/mol. The molecule has 0 aliphatic carbocycles. The molecular formula is C24H30N4O5S. The van der Waals surface area contributed by atoms with Crippen LogP contribution in [-0.2, 0) is 20.8 Å². The van der Waals surface area contributed by atoms with Crippen molar-refractivity contribution >= 4 is 34.1 Å². The maximum absolute atomic E-state index is 13.4.